The van der Waals surface area contributed by atoms with Crippen molar-refractivity contribution in [1.29, 1.82) is 0 Å². The maximum absolute atomic E-state index is 12.8. The number of nitro groups is 1. The molecule has 28 heavy (non-hydrogen) atoms. The fraction of sp³-hybridized carbons (Fsp3) is 0.333. The van der Waals surface area contributed by atoms with Gasteiger partial charge in [0.25, 0.3) is 0 Å². The molecule has 0 spiro atoms. The molecular weight excluding hydrogens is 375 g/mol. The van der Waals surface area contributed by atoms with Gasteiger partial charge in [-0.1, -0.05) is 0 Å². The number of pyridine rings is 1. The van der Waals surface area contributed by atoms with Gasteiger partial charge in [-0.25, -0.2) is 0 Å². The van der Waals surface area contributed by atoms with Crippen molar-refractivity contribution in [2.75, 3.05) is 18.0 Å². The summed E-state index contributed by atoms with van der Waals surface area (Å²) in [5.41, 5.74) is -0.0121. The minimum atomic E-state index is -4.50. The molecule has 1 atom stereocenters. The van der Waals surface area contributed by atoms with Crippen LogP contribution in [0.1, 0.15) is 24.6 Å². The van der Waals surface area contributed by atoms with E-state index in [0.29, 0.717) is 42.5 Å². The van der Waals surface area contributed by atoms with Crippen LogP contribution in [-0.4, -0.2) is 32.8 Å². The topological polar surface area (TPSA) is 77.1 Å². The van der Waals surface area contributed by atoms with Crippen LogP contribution in [0.15, 0.2) is 42.7 Å². The van der Waals surface area contributed by atoms with Crippen molar-refractivity contribution in [3.05, 3.63) is 58.5 Å². The second-order valence-electron chi connectivity index (χ2n) is 6.68. The van der Waals surface area contributed by atoms with Gasteiger partial charge in [0.05, 0.1) is 21.9 Å². The summed E-state index contributed by atoms with van der Waals surface area (Å²) in [6.07, 6.45) is -0.273. The average Bonchev–Trinajstić information content (AvgIpc) is 3.18. The Kier molecular flexibility index (Phi) is 4.40. The van der Waals surface area contributed by atoms with Gasteiger partial charge in [0.15, 0.2) is 5.69 Å². The molecule has 1 fully saturated rings. The zero-order valence-electron chi connectivity index (χ0n) is 14.6. The van der Waals surface area contributed by atoms with E-state index in [2.05, 4.69) is 10.1 Å². The molecule has 3 aromatic rings. The lowest BCUT2D eigenvalue weighted by atomic mass is 10.0. The smallest absolute Gasteiger partial charge is 0.364 e. The number of benzene rings is 1. The van der Waals surface area contributed by atoms with Gasteiger partial charge < -0.3 is 4.90 Å². The Morgan fingerprint density at radius 1 is 1.21 bits per heavy atom. The monoisotopic (exact) mass is 391 g/mol. The first kappa shape index (κ1) is 18.2. The molecule has 1 unspecified atom stereocenters. The van der Waals surface area contributed by atoms with E-state index < -0.39 is 16.8 Å². The van der Waals surface area contributed by atoms with E-state index in [1.165, 1.54) is 10.9 Å². The summed E-state index contributed by atoms with van der Waals surface area (Å²) in [5, 5.41) is 15.8. The van der Waals surface area contributed by atoms with E-state index in [-0.39, 0.29) is 11.7 Å². The highest BCUT2D eigenvalue weighted by Gasteiger charge is 2.35. The number of hydrogen-bond acceptors (Lipinski definition) is 5. The number of rotatable bonds is 3. The van der Waals surface area contributed by atoms with E-state index in [9.17, 15) is 23.3 Å². The van der Waals surface area contributed by atoms with Gasteiger partial charge in [-0.2, -0.15) is 18.3 Å². The number of piperidine rings is 1. The number of nitro benzene ring substituents is 1. The van der Waals surface area contributed by atoms with Crippen LogP contribution < -0.4 is 4.90 Å². The van der Waals surface area contributed by atoms with Crippen LogP contribution in [0.25, 0.3) is 10.9 Å². The van der Waals surface area contributed by atoms with Crippen molar-refractivity contribution >= 4 is 22.3 Å². The highest BCUT2D eigenvalue weighted by atomic mass is 19.4. The summed E-state index contributed by atoms with van der Waals surface area (Å²) in [6.45, 7) is 0.919. The van der Waals surface area contributed by atoms with Crippen molar-refractivity contribution in [2.45, 2.75) is 25.1 Å². The summed E-state index contributed by atoms with van der Waals surface area (Å²) in [5.74, 6) is 0. The van der Waals surface area contributed by atoms with Gasteiger partial charge in [0, 0.05) is 25.5 Å². The molecule has 1 aliphatic heterocycles. The van der Waals surface area contributed by atoms with Crippen molar-refractivity contribution in [1.82, 2.24) is 14.8 Å². The van der Waals surface area contributed by atoms with Crippen molar-refractivity contribution in [2.24, 2.45) is 0 Å². The first-order valence-electron chi connectivity index (χ1n) is 8.74. The molecule has 1 aliphatic rings. The first-order chi connectivity index (χ1) is 13.3. The minimum absolute atomic E-state index is 0.0392. The molecule has 0 bridgehead atoms. The third-order valence-electron chi connectivity index (χ3n) is 4.93. The molecule has 0 radical (unpaired) electrons. The number of nitrogens with zero attached hydrogens (tertiary/aromatic N) is 5. The van der Waals surface area contributed by atoms with Gasteiger partial charge in [-0.15, -0.1) is 0 Å². The summed E-state index contributed by atoms with van der Waals surface area (Å²) in [7, 11) is 0. The summed E-state index contributed by atoms with van der Waals surface area (Å²) in [4.78, 5) is 17.3. The van der Waals surface area contributed by atoms with Crippen LogP contribution in [0, 0.1) is 10.1 Å². The minimum Gasteiger partial charge on any atom is -0.364 e. The largest absolute Gasteiger partial charge is 0.435 e. The lowest BCUT2D eigenvalue weighted by Crippen LogP contribution is -2.37. The molecule has 0 amide bonds. The predicted molar refractivity (Wildman–Crippen MR) is 96.1 cm³/mol. The molecule has 0 N–H and O–H groups in total. The van der Waals surface area contributed by atoms with Gasteiger partial charge >= 0.3 is 11.9 Å². The highest BCUT2D eigenvalue weighted by Crippen LogP contribution is 2.38. The molecule has 10 heteroatoms. The normalized spacial score (nSPS) is 17.8. The van der Waals surface area contributed by atoms with E-state index >= 15 is 0 Å². The van der Waals surface area contributed by atoms with Gasteiger partial charge in [0.2, 0.25) is 0 Å². The zero-order valence-corrected chi connectivity index (χ0v) is 14.6. The number of hydrogen-bond donors (Lipinski definition) is 0. The molecule has 7 nitrogen and oxygen atoms in total. The fourth-order valence-electron chi connectivity index (χ4n) is 3.65. The van der Waals surface area contributed by atoms with E-state index in [1.807, 2.05) is 4.90 Å². The second-order valence-corrected chi connectivity index (χ2v) is 6.68. The molecule has 1 saturated heterocycles. The fourth-order valence-corrected chi connectivity index (χ4v) is 3.65. The van der Waals surface area contributed by atoms with Gasteiger partial charge in [0.1, 0.15) is 5.69 Å². The lowest BCUT2D eigenvalue weighted by Gasteiger charge is -2.34. The Morgan fingerprint density at radius 3 is 2.75 bits per heavy atom. The quantitative estimate of drug-likeness (QED) is 0.494. The average molecular weight is 391 g/mol. The third kappa shape index (κ3) is 3.25. The van der Waals surface area contributed by atoms with Crippen LogP contribution in [-0.2, 0) is 6.18 Å². The Bertz CT molecular complexity index is 1030. The molecular formula is C18H16F3N5O2. The Labute approximate surface area is 157 Å². The van der Waals surface area contributed by atoms with Crippen LogP contribution in [0.4, 0.5) is 24.5 Å². The van der Waals surface area contributed by atoms with E-state index in [1.54, 1.807) is 30.5 Å². The van der Waals surface area contributed by atoms with Gasteiger partial charge in [-0.05, 0) is 43.2 Å². The Morgan fingerprint density at radius 2 is 2.04 bits per heavy atom. The molecule has 0 aliphatic carbocycles. The highest BCUT2D eigenvalue weighted by molar-refractivity contribution is 5.94. The summed E-state index contributed by atoms with van der Waals surface area (Å²) in [6, 6.07) is 7.31. The van der Waals surface area contributed by atoms with Crippen LogP contribution >= 0.6 is 0 Å². The Hall–Kier alpha value is -3.17. The van der Waals surface area contributed by atoms with E-state index in [0.717, 1.165) is 6.07 Å². The maximum Gasteiger partial charge on any atom is 0.435 e. The molecule has 146 valence electrons. The summed E-state index contributed by atoms with van der Waals surface area (Å²) < 4.78 is 39.8. The standard InChI is InChI=1S/C18H16F3N5O2/c19-18(20,21)16-7-10-25(23-16)12-3-2-9-24(11-12)15-6-5-14-13(4-1-8-22-14)17(15)26(27)28/h1,4-8,10,12H,2-3,9,11H2. The molecule has 3 heterocycles. The van der Waals surface area contributed by atoms with Crippen molar-refractivity contribution in [3.8, 4) is 0 Å². The zero-order chi connectivity index (χ0) is 19.9. The molecule has 2 aromatic heterocycles. The SMILES string of the molecule is O=[N+]([O-])c1c(N2CCCC(n3ccc(C(F)(F)F)n3)C2)ccc2ncccc12. The van der Waals surface area contributed by atoms with E-state index in [4.69, 9.17) is 0 Å². The number of fused-ring (bicyclic) bond motifs is 1. The third-order valence-corrected chi connectivity index (χ3v) is 4.93. The number of aromatic nitrogens is 3. The van der Waals surface area contributed by atoms with Gasteiger partial charge in [-0.3, -0.25) is 19.8 Å². The van der Waals surface area contributed by atoms with Crippen LogP contribution in [0.5, 0.6) is 0 Å². The first-order valence-corrected chi connectivity index (χ1v) is 8.74. The predicted octanol–water partition coefficient (Wildman–Crippen LogP) is 4.20. The second kappa shape index (κ2) is 6.77. The number of alkyl halides is 3. The summed E-state index contributed by atoms with van der Waals surface area (Å²) >= 11 is 0. The lowest BCUT2D eigenvalue weighted by molar-refractivity contribution is -0.382. The van der Waals surface area contributed by atoms with Crippen molar-refractivity contribution in [3.63, 3.8) is 0 Å². The maximum atomic E-state index is 12.8. The molecule has 0 saturated carbocycles. The number of halogens is 3. The van der Waals surface area contributed by atoms with Crippen LogP contribution in [0.2, 0.25) is 0 Å². The van der Waals surface area contributed by atoms with Crippen molar-refractivity contribution < 1.29 is 18.1 Å². The molecule has 4 rings (SSSR count). The number of anilines is 1. The van der Waals surface area contributed by atoms with Crippen LogP contribution in [0.3, 0.4) is 0 Å². The molecule has 1 aromatic carbocycles. The Balaban J connectivity index is 1.68.